The Labute approximate surface area is 270 Å². The molecule has 2 saturated heterocycles. The third-order valence-corrected chi connectivity index (χ3v) is 9.25. The average Bonchev–Trinajstić information content (AvgIpc) is 3.23. The van der Waals surface area contributed by atoms with Crippen LogP contribution in [0.5, 0.6) is 0 Å². The zero-order chi connectivity index (χ0) is 31.0. The van der Waals surface area contributed by atoms with E-state index < -0.39 is 0 Å². The maximum atomic E-state index is 14.2. The Balaban J connectivity index is 1.17. The Bertz CT molecular complexity index is 1540. The second kappa shape index (κ2) is 15.0. The van der Waals surface area contributed by atoms with Crippen molar-refractivity contribution in [2.24, 2.45) is 0 Å². The summed E-state index contributed by atoms with van der Waals surface area (Å²) in [6, 6.07) is 31.8. The highest BCUT2D eigenvalue weighted by Crippen LogP contribution is 2.27. The summed E-state index contributed by atoms with van der Waals surface area (Å²) in [4.78, 5) is 31.8. The molecule has 6 rings (SSSR count). The lowest BCUT2D eigenvalue weighted by Crippen LogP contribution is -2.50. The molecule has 0 radical (unpaired) electrons. The molecule has 2 amide bonds. The summed E-state index contributed by atoms with van der Waals surface area (Å²) in [5.74, 6) is 0.0663. The molecule has 4 aromatic rings. The monoisotopic (exact) mass is 624 g/mol. The minimum absolute atomic E-state index is 0.0382. The van der Waals surface area contributed by atoms with Crippen LogP contribution < -0.4 is 10.6 Å². The Morgan fingerprint density at radius 1 is 0.889 bits per heavy atom. The molecular weight excluding hydrogens is 584 g/mol. The van der Waals surface area contributed by atoms with Gasteiger partial charge in [0.2, 0.25) is 5.91 Å². The van der Waals surface area contributed by atoms with Crippen molar-refractivity contribution in [1.82, 2.24) is 20.4 Å². The molecule has 2 aliphatic heterocycles. The number of carbonyl (C=O) groups excluding carboxylic acids is 2. The number of amides is 2. The minimum Gasteiger partial charge on any atom is -0.379 e. The number of carbonyl (C=O) groups is 2. The van der Waals surface area contributed by atoms with Crippen LogP contribution in [0.25, 0.3) is 10.8 Å². The summed E-state index contributed by atoms with van der Waals surface area (Å²) in [5, 5.41) is 9.42. The molecule has 2 aliphatic rings. The first kappa shape index (κ1) is 31.2. The van der Waals surface area contributed by atoms with Gasteiger partial charge in [-0.25, -0.2) is 0 Å². The quantitative estimate of drug-likeness (QED) is 0.249. The van der Waals surface area contributed by atoms with Crippen LogP contribution in [-0.4, -0.2) is 86.2 Å². The van der Waals surface area contributed by atoms with E-state index in [4.69, 9.17) is 16.3 Å². The Hall–Kier alpha value is -3.75. The first-order valence-electron chi connectivity index (χ1n) is 16.0. The van der Waals surface area contributed by atoms with Crippen LogP contribution in [0.3, 0.4) is 0 Å². The number of nitrogens with zero attached hydrogens (tertiary/aromatic N) is 2. The van der Waals surface area contributed by atoms with E-state index in [9.17, 15) is 9.59 Å². The molecule has 0 spiro atoms. The number of rotatable bonds is 10. The second-order valence-electron chi connectivity index (χ2n) is 12.0. The lowest BCUT2D eigenvalue weighted by molar-refractivity contribution is -0.133. The number of fused-ring (bicyclic) bond motifs is 1. The normalized spacial score (nSPS) is 19.5. The molecule has 2 atom stereocenters. The minimum atomic E-state index is -0.338. The summed E-state index contributed by atoms with van der Waals surface area (Å²) in [6.45, 7) is 5.69. The lowest BCUT2D eigenvalue weighted by atomic mass is 9.90. The van der Waals surface area contributed by atoms with E-state index in [1.54, 1.807) is 0 Å². The standard InChI is InChI=1S/C37H41ClN4O3/c38-32-14-13-29-23-31(12-11-30(29)24-32)36(43)39-25-33-15-18-42(37(44)35(40-33)16-17-41-19-21-45-22-20-41)26-34(27-7-3-1-4-8-27)28-9-5-2-6-10-28/h1-14,23-24,33-35,40H,15-22,25-26H2,(H,39,43)/t33-,35-/m1/s1. The van der Waals surface area contributed by atoms with E-state index in [1.807, 2.05) is 53.4 Å². The molecule has 0 bridgehead atoms. The smallest absolute Gasteiger partial charge is 0.251 e. The van der Waals surface area contributed by atoms with Crippen LogP contribution in [0.15, 0.2) is 97.1 Å². The third kappa shape index (κ3) is 8.10. The van der Waals surface area contributed by atoms with Crippen LogP contribution in [0.4, 0.5) is 0 Å². The molecule has 4 aromatic carbocycles. The van der Waals surface area contributed by atoms with Gasteiger partial charge < -0.3 is 20.3 Å². The molecule has 2 heterocycles. The van der Waals surface area contributed by atoms with Crippen LogP contribution in [0.2, 0.25) is 5.02 Å². The molecule has 0 unspecified atom stereocenters. The number of halogens is 1. The van der Waals surface area contributed by atoms with Crippen molar-refractivity contribution in [3.05, 3.63) is 119 Å². The predicted octanol–water partition coefficient (Wildman–Crippen LogP) is 5.34. The van der Waals surface area contributed by atoms with Gasteiger partial charge in [0.05, 0.1) is 19.3 Å². The van der Waals surface area contributed by atoms with Crippen molar-refractivity contribution >= 4 is 34.2 Å². The van der Waals surface area contributed by atoms with Gasteiger partial charge in [-0.05, 0) is 59.0 Å². The number of benzene rings is 4. The third-order valence-electron chi connectivity index (χ3n) is 9.01. The van der Waals surface area contributed by atoms with E-state index in [-0.39, 0.29) is 29.8 Å². The van der Waals surface area contributed by atoms with E-state index in [0.29, 0.717) is 36.6 Å². The molecular formula is C37H41ClN4O3. The van der Waals surface area contributed by atoms with Crippen LogP contribution in [-0.2, 0) is 9.53 Å². The largest absolute Gasteiger partial charge is 0.379 e. The van der Waals surface area contributed by atoms with E-state index in [0.717, 1.165) is 50.0 Å². The first-order chi connectivity index (χ1) is 22.0. The Morgan fingerprint density at radius 3 is 2.27 bits per heavy atom. The number of nitrogens with one attached hydrogen (secondary N) is 2. The number of hydrogen-bond acceptors (Lipinski definition) is 5. The van der Waals surface area contributed by atoms with Gasteiger partial charge in [-0.15, -0.1) is 0 Å². The van der Waals surface area contributed by atoms with Gasteiger partial charge in [-0.2, -0.15) is 0 Å². The van der Waals surface area contributed by atoms with Crippen molar-refractivity contribution in [1.29, 1.82) is 0 Å². The number of hydrogen-bond donors (Lipinski definition) is 2. The van der Waals surface area contributed by atoms with Crippen molar-refractivity contribution in [2.75, 3.05) is 52.5 Å². The molecule has 0 saturated carbocycles. The maximum absolute atomic E-state index is 14.2. The maximum Gasteiger partial charge on any atom is 0.251 e. The molecule has 0 aromatic heterocycles. The molecule has 2 N–H and O–H groups in total. The summed E-state index contributed by atoms with van der Waals surface area (Å²) < 4.78 is 5.54. The van der Waals surface area contributed by atoms with Crippen molar-refractivity contribution in [3.63, 3.8) is 0 Å². The van der Waals surface area contributed by atoms with Gasteiger partial charge in [0, 0.05) is 61.8 Å². The summed E-state index contributed by atoms with van der Waals surface area (Å²) in [6.07, 6.45) is 1.45. The van der Waals surface area contributed by atoms with E-state index >= 15 is 0 Å². The zero-order valence-electron chi connectivity index (χ0n) is 25.5. The highest BCUT2D eigenvalue weighted by atomic mass is 35.5. The molecule has 234 valence electrons. The predicted molar refractivity (Wildman–Crippen MR) is 180 cm³/mol. The van der Waals surface area contributed by atoms with Crippen LogP contribution in [0.1, 0.15) is 40.2 Å². The van der Waals surface area contributed by atoms with E-state index in [1.165, 1.54) is 11.1 Å². The molecule has 0 aliphatic carbocycles. The van der Waals surface area contributed by atoms with Gasteiger partial charge in [-0.3, -0.25) is 14.5 Å². The highest BCUT2D eigenvalue weighted by molar-refractivity contribution is 6.31. The molecule has 8 heteroatoms. The van der Waals surface area contributed by atoms with Gasteiger partial charge in [-0.1, -0.05) is 84.4 Å². The molecule has 7 nitrogen and oxygen atoms in total. The fourth-order valence-corrected chi connectivity index (χ4v) is 6.62. The van der Waals surface area contributed by atoms with Gasteiger partial charge in [0.1, 0.15) is 0 Å². The number of morpholine rings is 1. The first-order valence-corrected chi connectivity index (χ1v) is 16.3. The fraction of sp³-hybridized carbons (Fsp3) is 0.351. The fourth-order valence-electron chi connectivity index (χ4n) is 6.44. The Morgan fingerprint density at radius 2 is 1.56 bits per heavy atom. The highest BCUT2D eigenvalue weighted by Gasteiger charge is 2.33. The molecule has 45 heavy (non-hydrogen) atoms. The van der Waals surface area contributed by atoms with Crippen LogP contribution in [0, 0.1) is 0 Å². The van der Waals surface area contributed by atoms with Crippen molar-refractivity contribution < 1.29 is 14.3 Å². The topological polar surface area (TPSA) is 73.9 Å². The van der Waals surface area contributed by atoms with E-state index in [2.05, 4.69) is 64.1 Å². The summed E-state index contributed by atoms with van der Waals surface area (Å²) >= 11 is 6.14. The average molecular weight is 625 g/mol. The van der Waals surface area contributed by atoms with Gasteiger partial charge in [0.25, 0.3) is 5.91 Å². The summed E-state index contributed by atoms with van der Waals surface area (Å²) in [7, 11) is 0. The molecule has 2 fully saturated rings. The Kier molecular flexibility index (Phi) is 10.4. The van der Waals surface area contributed by atoms with Crippen molar-refractivity contribution in [2.45, 2.75) is 30.8 Å². The summed E-state index contributed by atoms with van der Waals surface area (Å²) in [5.41, 5.74) is 2.99. The van der Waals surface area contributed by atoms with Gasteiger partial charge in [0.15, 0.2) is 0 Å². The SMILES string of the molecule is O=C(NC[C@H]1CCN(CC(c2ccccc2)c2ccccc2)C(=O)[C@@H](CCN2CCOCC2)N1)c1ccc2cc(Cl)ccc2c1. The lowest BCUT2D eigenvalue weighted by Gasteiger charge is -2.31. The number of ether oxygens (including phenoxy) is 1. The second-order valence-corrected chi connectivity index (χ2v) is 12.5. The van der Waals surface area contributed by atoms with Gasteiger partial charge >= 0.3 is 0 Å². The zero-order valence-corrected chi connectivity index (χ0v) is 26.3. The van der Waals surface area contributed by atoms with Crippen molar-refractivity contribution in [3.8, 4) is 0 Å². The van der Waals surface area contributed by atoms with Crippen LogP contribution >= 0.6 is 11.6 Å².